The van der Waals surface area contributed by atoms with Gasteiger partial charge in [-0.25, -0.2) is 0 Å². The summed E-state index contributed by atoms with van der Waals surface area (Å²) >= 11 is 1.40. The molecule has 1 atom stereocenters. The van der Waals surface area contributed by atoms with Gasteiger partial charge in [0.1, 0.15) is 10.5 Å². The number of carbonyl (C=O) groups excluding carboxylic acids is 1. The number of carbonyl (C=O) groups is 1. The summed E-state index contributed by atoms with van der Waals surface area (Å²) in [6.45, 7) is 1.96. The van der Waals surface area contributed by atoms with Crippen molar-refractivity contribution in [2.75, 3.05) is 0 Å². The molecule has 1 amide bonds. The van der Waals surface area contributed by atoms with Crippen molar-refractivity contribution in [3.05, 3.63) is 63.5 Å². The third-order valence-corrected chi connectivity index (χ3v) is 5.54. The smallest absolute Gasteiger partial charge is 0.272 e. The van der Waals surface area contributed by atoms with Crippen LogP contribution >= 0.6 is 11.3 Å². The first-order valence-corrected chi connectivity index (χ1v) is 9.58. The predicted molar refractivity (Wildman–Crippen MR) is 105 cm³/mol. The fourth-order valence-electron chi connectivity index (χ4n) is 3.18. The summed E-state index contributed by atoms with van der Waals surface area (Å²) in [5.41, 5.74) is 1.77. The van der Waals surface area contributed by atoms with E-state index in [0.717, 1.165) is 11.1 Å². The first kappa shape index (κ1) is 17.4. The summed E-state index contributed by atoms with van der Waals surface area (Å²) in [5.74, 6) is 1.11. The van der Waals surface area contributed by atoms with Gasteiger partial charge in [0.15, 0.2) is 0 Å². The SMILES string of the molecule is C[C@H](NC(=O)CCc1nnc2n(C)c(=O)c3sccc3n12)c1ccccc1. The molecule has 1 N–H and O–H groups in total. The van der Waals surface area contributed by atoms with E-state index in [1.54, 1.807) is 7.05 Å². The summed E-state index contributed by atoms with van der Waals surface area (Å²) in [6.07, 6.45) is 0.740. The van der Waals surface area contributed by atoms with Crippen LogP contribution in [-0.2, 0) is 18.3 Å². The zero-order chi connectivity index (χ0) is 19.0. The Hall–Kier alpha value is -3.00. The number of amides is 1. The maximum absolute atomic E-state index is 12.4. The van der Waals surface area contributed by atoms with Crippen molar-refractivity contribution in [1.82, 2.24) is 24.5 Å². The van der Waals surface area contributed by atoms with Gasteiger partial charge >= 0.3 is 0 Å². The second kappa shape index (κ2) is 6.96. The Balaban J connectivity index is 1.54. The number of aryl methyl sites for hydroxylation is 2. The Bertz CT molecular complexity index is 1180. The number of thiophene rings is 1. The second-order valence-corrected chi connectivity index (χ2v) is 7.37. The molecule has 0 unspecified atom stereocenters. The molecular formula is C19H19N5O2S. The molecule has 4 rings (SSSR count). The van der Waals surface area contributed by atoms with Crippen molar-refractivity contribution in [2.45, 2.75) is 25.8 Å². The van der Waals surface area contributed by atoms with E-state index >= 15 is 0 Å². The number of nitrogens with zero attached hydrogens (tertiary/aromatic N) is 4. The van der Waals surface area contributed by atoms with Crippen molar-refractivity contribution in [3.63, 3.8) is 0 Å². The molecule has 138 valence electrons. The third-order valence-electron chi connectivity index (χ3n) is 4.65. The first-order chi connectivity index (χ1) is 13.1. The van der Waals surface area contributed by atoms with Crippen LogP contribution in [0.25, 0.3) is 16.0 Å². The van der Waals surface area contributed by atoms with E-state index in [4.69, 9.17) is 0 Å². The van der Waals surface area contributed by atoms with E-state index in [-0.39, 0.29) is 17.5 Å². The molecule has 8 heteroatoms. The monoisotopic (exact) mass is 381 g/mol. The number of rotatable bonds is 5. The molecule has 0 bridgehead atoms. The maximum Gasteiger partial charge on any atom is 0.272 e. The molecule has 7 nitrogen and oxygen atoms in total. The second-order valence-electron chi connectivity index (χ2n) is 6.45. The van der Waals surface area contributed by atoms with E-state index in [1.807, 2.05) is 53.1 Å². The van der Waals surface area contributed by atoms with Gasteiger partial charge in [-0.2, -0.15) is 0 Å². The highest BCUT2D eigenvalue weighted by Crippen LogP contribution is 2.20. The number of hydrogen-bond donors (Lipinski definition) is 1. The van der Waals surface area contributed by atoms with Crippen molar-refractivity contribution in [1.29, 1.82) is 0 Å². The van der Waals surface area contributed by atoms with E-state index < -0.39 is 0 Å². The van der Waals surface area contributed by atoms with Gasteiger partial charge in [-0.1, -0.05) is 30.3 Å². The lowest BCUT2D eigenvalue weighted by Gasteiger charge is -2.14. The number of fused-ring (bicyclic) bond motifs is 3. The van der Waals surface area contributed by atoms with Gasteiger partial charge in [0.05, 0.1) is 11.6 Å². The van der Waals surface area contributed by atoms with Crippen LogP contribution in [-0.4, -0.2) is 25.1 Å². The Labute approximate surface area is 159 Å². The van der Waals surface area contributed by atoms with Crippen molar-refractivity contribution in [3.8, 4) is 0 Å². The Morgan fingerprint density at radius 1 is 1.22 bits per heavy atom. The Kier molecular flexibility index (Phi) is 4.49. The van der Waals surface area contributed by atoms with Gasteiger partial charge in [-0.3, -0.25) is 18.6 Å². The molecule has 0 aliphatic rings. The molecule has 27 heavy (non-hydrogen) atoms. The van der Waals surface area contributed by atoms with Crippen LogP contribution in [0.1, 0.15) is 30.8 Å². The van der Waals surface area contributed by atoms with Gasteiger partial charge in [0, 0.05) is 19.9 Å². The van der Waals surface area contributed by atoms with Gasteiger partial charge < -0.3 is 5.32 Å². The summed E-state index contributed by atoms with van der Waals surface area (Å²) in [5, 5.41) is 13.2. The molecule has 0 saturated carbocycles. The minimum absolute atomic E-state index is 0.0468. The quantitative estimate of drug-likeness (QED) is 0.576. The molecule has 0 aliphatic heterocycles. The van der Waals surface area contributed by atoms with Crippen molar-refractivity contribution < 1.29 is 4.79 Å². The number of nitrogens with one attached hydrogen (secondary N) is 1. The molecule has 0 aliphatic carbocycles. The molecule has 0 fully saturated rings. The lowest BCUT2D eigenvalue weighted by atomic mass is 10.1. The molecule has 1 aromatic carbocycles. The molecule has 3 heterocycles. The Morgan fingerprint density at radius 3 is 2.78 bits per heavy atom. The van der Waals surface area contributed by atoms with Gasteiger partial charge in [0.25, 0.3) is 5.56 Å². The van der Waals surface area contributed by atoms with E-state index in [0.29, 0.717) is 29.1 Å². The van der Waals surface area contributed by atoms with E-state index in [1.165, 1.54) is 15.9 Å². The molecule has 0 radical (unpaired) electrons. The Morgan fingerprint density at radius 2 is 2.00 bits per heavy atom. The van der Waals surface area contributed by atoms with E-state index in [9.17, 15) is 9.59 Å². The lowest BCUT2D eigenvalue weighted by molar-refractivity contribution is -0.121. The summed E-state index contributed by atoms with van der Waals surface area (Å²) in [6, 6.07) is 11.7. The number of hydrogen-bond acceptors (Lipinski definition) is 5. The number of benzene rings is 1. The summed E-state index contributed by atoms with van der Waals surface area (Å²) in [7, 11) is 1.68. The molecular weight excluding hydrogens is 362 g/mol. The first-order valence-electron chi connectivity index (χ1n) is 8.71. The lowest BCUT2D eigenvalue weighted by Crippen LogP contribution is -2.27. The highest BCUT2D eigenvalue weighted by Gasteiger charge is 2.17. The van der Waals surface area contributed by atoms with Gasteiger partial charge in [-0.05, 0) is 23.9 Å². The highest BCUT2D eigenvalue weighted by molar-refractivity contribution is 7.17. The topological polar surface area (TPSA) is 81.3 Å². The standard InChI is InChI=1S/C19H19N5O2S/c1-12(13-6-4-3-5-7-13)20-16(25)9-8-15-21-22-19-23(2)18(26)17-14(24(15)19)10-11-27-17/h3-7,10-12H,8-9H2,1-2H3,(H,20,25)/t12-/m0/s1. The van der Waals surface area contributed by atoms with Crippen LogP contribution in [0.5, 0.6) is 0 Å². The summed E-state index contributed by atoms with van der Waals surface area (Å²) < 4.78 is 4.02. The van der Waals surface area contributed by atoms with Gasteiger partial charge in [-0.15, -0.1) is 21.5 Å². The number of aromatic nitrogens is 4. The van der Waals surface area contributed by atoms with Crippen LogP contribution in [0.3, 0.4) is 0 Å². The van der Waals surface area contributed by atoms with Crippen molar-refractivity contribution >= 4 is 33.2 Å². The maximum atomic E-state index is 12.4. The average Bonchev–Trinajstić information content (AvgIpc) is 3.32. The largest absolute Gasteiger partial charge is 0.350 e. The highest BCUT2D eigenvalue weighted by atomic mass is 32.1. The minimum Gasteiger partial charge on any atom is -0.350 e. The van der Waals surface area contributed by atoms with Gasteiger partial charge in [0.2, 0.25) is 11.7 Å². The fraction of sp³-hybridized carbons (Fsp3) is 0.263. The minimum atomic E-state index is -0.0825. The zero-order valence-electron chi connectivity index (χ0n) is 15.0. The third kappa shape index (κ3) is 3.12. The normalized spacial score (nSPS) is 12.5. The van der Waals surface area contributed by atoms with Crippen molar-refractivity contribution in [2.24, 2.45) is 7.05 Å². The van der Waals surface area contributed by atoms with Crippen LogP contribution < -0.4 is 10.9 Å². The average molecular weight is 381 g/mol. The van der Waals surface area contributed by atoms with Crippen LogP contribution in [0.15, 0.2) is 46.6 Å². The summed E-state index contributed by atoms with van der Waals surface area (Å²) in [4.78, 5) is 24.7. The molecule has 0 spiro atoms. The molecule has 3 aromatic heterocycles. The molecule has 4 aromatic rings. The van der Waals surface area contributed by atoms with E-state index in [2.05, 4.69) is 15.5 Å². The van der Waals surface area contributed by atoms with Crippen LogP contribution in [0, 0.1) is 0 Å². The fourth-order valence-corrected chi connectivity index (χ4v) is 4.03. The predicted octanol–water partition coefficient (Wildman–Crippen LogP) is 2.45. The van der Waals surface area contributed by atoms with Crippen LogP contribution in [0.2, 0.25) is 0 Å². The molecule has 0 saturated heterocycles. The van der Waals surface area contributed by atoms with Crippen LogP contribution in [0.4, 0.5) is 0 Å². The zero-order valence-corrected chi connectivity index (χ0v) is 15.9.